The third-order valence-electron chi connectivity index (χ3n) is 3.25. The lowest BCUT2D eigenvalue weighted by molar-refractivity contribution is 0.502. The van der Waals surface area contributed by atoms with E-state index in [1.54, 1.807) is 0 Å². The molecule has 1 saturated carbocycles. The highest BCUT2D eigenvalue weighted by Gasteiger charge is 2.19. The molecule has 0 saturated heterocycles. The van der Waals surface area contributed by atoms with E-state index in [-0.39, 0.29) is 0 Å². The van der Waals surface area contributed by atoms with Crippen LogP contribution in [0.25, 0.3) is 0 Å². The monoisotopic (exact) mass is 330 g/mol. The van der Waals surface area contributed by atoms with Crippen LogP contribution in [0.2, 0.25) is 0 Å². The van der Waals surface area contributed by atoms with Crippen molar-refractivity contribution in [1.82, 2.24) is 0 Å². The average molecular weight is 332 g/mol. The fourth-order valence-electron chi connectivity index (χ4n) is 2.35. The molecule has 1 aromatic rings. The van der Waals surface area contributed by atoms with Crippen molar-refractivity contribution in [3.05, 3.63) is 34.3 Å². The highest BCUT2D eigenvalue weighted by molar-refractivity contribution is 9.10. The van der Waals surface area contributed by atoms with Gasteiger partial charge in [-0.05, 0) is 30.0 Å². The van der Waals surface area contributed by atoms with Crippen molar-refractivity contribution in [3.63, 3.8) is 0 Å². The van der Waals surface area contributed by atoms with Gasteiger partial charge in [-0.25, -0.2) is 0 Å². The van der Waals surface area contributed by atoms with E-state index in [0.717, 1.165) is 10.4 Å². The number of alkyl halides is 1. The molecule has 0 N–H and O–H groups in total. The molecule has 0 spiro atoms. The smallest absolute Gasteiger partial charge is 0.0398 e. The van der Waals surface area contributed by atoms with Crippen LogP contribution in [0, 0.1) is 5.92 Å². The summed E-state index contributed by atoms with van der Waals surface area (Å²) in [6, 6.07) is 8.66. The van der Waals surface area contributed by atoms with Gasteiger partial charge in [-0.2, -0.15) is 0 Å². The van der Waals surface area contributed by atoms with Gasteiger partial charge >= 0.3 is 0 Å². The first-order valence-electron chi connectivity index (χ1n) is 5.65. The fraction of sp³-hybridized carbons (Fsp3) is 0.538. The Morgan fingerprint density at radius 2 is 1.73 bits per heavy atom. The van der Waals surface area contributed by atoms with E-state index in [9.17, 15) is 0 Å². The zero-order valence-corrected chi connectivity index (χ0v) is 11.9. The quantitative estimate of drug-likeness (QED) is 0.644. The van der Waals surface area contributed by atoms with Crippen molar-refractivity contribution < 1.29 is 0 Å². The maximum Gasteiger partial charge on any atom is 0.0398 e. The molecule has 0 aliphatic heterocycles. The van der Waals surface area contributed by atoms with Crippen LogP contribution in [0.5, 0.6) is 0 Å². The van der Waals surface area contributed by atoms with E-state index < -0.39 is 0 Å². The van der Waals surface area contributed by atoms with E-state index in [1.165, 1.54) is 37.7 Å². The summed E-state index contributed by atoms with van der Waals surface area (Å²) in [4.78, 5) is 0.536. The predicted molar refractivity (Wildman–Crippen MR) is 72.4 cm³/mol. The molecule has 0 heterocycles. The Labute approximate surface area is 109 Å². The third kappa shape index (κ3) is 3.32. The van der Waals surface area contributed by atoms with Gasteiger partial charge < -0.3 is 0 Å². The van der Waals surface area contributed by atoms with Crippen LogP contribution in [0.15, 0.2) is 28.7 Å². The minimum Gasteiger partial charge on any atom is -0.0839 e. The van der Waals surface area contributed by atoms with Crippen molar-refractivity contribution in [2.24, 2.45) is 5.92 Å². The van der Waals surface area contributed by atoms with E-state index in [4.69, 9.17) is 0 Å². The zero-order valence-electron chi connectivity index (χ0n) is 8.76. The molecule has 1 aliphatic carbocycles. The van der Waals surface area contributed by atoms with Crippen LogP contribution in [-0.4, -0.2) is 0 Å². The number of halogens is 2. The van der Waals surface area contributed by atoms with Crippen molar-refractivity contribution in [2.75, 3.05) is 0 Å². The van der Waals surface area contributed by atoms with E-state index in [1.807, 2.05) is 0 Å². The van der Waals surface area contributed by atoms with Gasteiger partial charge in [0.25, 0.3) is 0 Å². The summed E-state index contributed by atoms with van der Waals surface area (Å²) in [6.45, 7) is 0. The summed E-state index contributed by atoms with van der Waals surface area (Å²) in [5, 5.41) is 0. The second-order valence-corrected chi connectivity index (χ2v) is 6.43. The van der Waals surface area contributed by atoms with Crippen LogP contribution in [-0.2, 0) is 0 Å². The summed E-state index contributed by atoms with van der Waals surface area (Å²) >= 11 is 7.27. The molecule has 0 aromatic heterocycles. The SMILES string of the molecule is Brc1ccc(C(Br)CC2CCCC2)cc1. The lowest BCUT2D eigenvalue weighted by Crippen LogP contribution is -1.99. The Morgan fingerprint density at radius 3 is 2.33 bits per heavy atom. The van der Waals surface area contributed by atoms with Crippen LogP contribution >= 0.6 is 31.9 Å². The zero-order chi connectivity index (χ0) is 10.7. The molecule has 1 aliphatic rings. The van der Waals surface area contributed by atoms with Gasteiger partial charge in [0, 0.05) is 9.30 Å². The van der Waals surface area contributed by atoms with Gasteiger partial charge in [0.05, 0.1) is 0 Å². The first-order valence-corrected chi connectivity index (χ1v) is 7.36. The lowest BCUT2D eigenvalue weighted by Gasteiger charge is -2.15. The first kappa shape index (κ1) is 11.7. The second kappa shape index (κ2) is 5.49. The third-order valence-corrected chi connectivity index (χ3v) is 4.68. The first-order chi connectivity index (χ1) is 7.25. The Hall–Kier alpha value is 0.180. The molecule has 2 heteroatoms. The van der Waals surface area contributed by atoms with E-state index in [0.29, 0.717) is 4.83 Å². The summed E-state index contributed by atoms with van der Waals surface area (Å²) in [6.07, 6.45) is 7.02. The summed E-state index contributed by atoms with van der Waals surface area (Å²) in [7, 11) is 0. The van der Waals surface area contributed by atoms with Gasteiger partial charge in [-0.3, -0.25) is 0 Å². The van der Waals surface area contributed by atoms with Crippen molar-refractivity contribution in [3.8, 4) is 0 Å². The van der Waals surface area contributed by atoms with Crippen molar-refractivity contribution in [2.45, 2.75) is 36.9 Å². The summed E-state index contributed by atoms with van der Waals surface area (Å²) in [5.74, 6) is 0.943. The minimum atomic E-state index is 0.536. The van der Waals surface area contributed by atoms with Crippen LogP contribution in [0.4, 0.5) is 0 Å². The highest BCUT2D eigenvalue weighted by Crippen LogP contribution is 2.37. The summed E-state index contributed by atoms with van der Waals surface area (Å²) < 4.78 is 1.16. The van der Waals surface area contributed by atoms with Gasteiger partial charge in [-0.15, -0.1) is 0 Å². The second-order valence-electron chi connectivity index (χ2n) is 4.41. The molecule has 0 bridgehead atoms. The normalized spacial score (nSPS) is 19.3. The topological polar surface area (TPSA) is 0 Å². The maximum absolute atomic E-state index is 3.81. The van der Waals surface area contributed by atoms with Gasteiger partial charge in [-0.1, -0.05) is 69.7 Å². The van der Waals surface area contributed by atoms with Gasteiger partial charge in [0.1, 0.15) is 0 Å². The largest absolute Gasteiger partial charge is 0.0839 e. The summed E-state index contributed by atoms with van der Waals surface area (Å²) in [5.41, 5.74) is 1.41. The minimum absolute atomic E-state index is 0.536. The molecule has 0 radical (unpaired) electrons. The average Bonchev–Trinajstić information content (AvgIpc) is 2.71. The predicted octanol–water partition coefficient (Wildman–Crippen LogP) is 5.47. The van der Waals surface area contributed by atoms with Gasteiger partial charge in [0.15, 0.2) is 0 Å². The number of hydrogen-bond acceptors (Lipinski definition) is 0. The van der Waals surface area contributed by atoms with Gasteiger partial charge in [0.2, 0.25) is 0 Å². The lowest BCUT2D eigenvalue weighted by atomic mass is 9.98. The number of rotatable bonds is 3. The molecular weight excluding hydrogens is 316 g/mol. The molecule has 0 nitrogen and oxygen atoms in total. The Bertz CT molecular complexity index is 299. The fourth-order valence-corrected chi connectivity index (χ4v) is 3.44. The maximum atomic E-state index is 3.81. The molecule has 1 aromatic carbocycles. The van der Waals surface area contributed by atoms with Crippen LogP contribution in [0.3, 0.4) is 0 Å². The molecule has 1 atom stereocenters. The molecule has 1 unspecified atom stereocenters. The Balaban J connectivity index is 1.94. The number of benzene rings is 1. The van der Waals surface area contributed by atoms with Crippen LogP contribution < -0.4 is 0 Å². The number of hydrogen-bond donors (Lipinski definition) is 0. The van der Waals surface area contributed by atoms with Crippen molar-refractivity contribution >= 4 is 31.9 Å². The standard InChI is InChI=1S/C13H16Br2/c14-12-7-5-11(6-8-12)13(15)9-10-3-1-2-4-10/h5-8,10,13H,1-4,9H2. The molecule has 2 rings (SSSR count). The Morgan fingerprint density at radius 1 is 1.13 bits per heavy atom. The molecule has 15 heavy (non-hydrogen) atoms. The Kier molecular flexibility index (Phi) is 4.27. The van der Waals surface area contributed by atoms with Crippen LogP contribution in [0.1, 0.15) is 42.5 Å². The van der Waals surface area contributed by atoms with E-state index in [2.05, 4.69) is 56.1 Å². The molecule has 0 amide bonds. The van der Waals surface area contributed by atoms with Crippen molar-refractivity contribution in [1.29, 1.82) is 0 Å². The van der Waals surface area contributed by atoms with E-state index >= 15 is 0 Å². The highest BCUT2D eigenvalue weighted by atomic mass is 79.9. The molecule has 1 fully saturated rings. The molecular formula is C13H16Br2. The molecule has 82 valence electrons.